The summed E-state index contributed by atoms with van der Waals surface area (Å²) in [5.74, 6) is -5.54. The van der Waals surface area contributed by atoms with Crippen LogP contribution in [-0.4, -0.2) is 120 Å². The first-order valence-corrected chi connectivity index (χ1v) is 31.5. The number of phenols is 2. The number of nitrogens with zero attached hydrogens (tertiary/aromatic N) is 7. The molecule has 1 heterocycles. The van der Waals surface area contributed by atoms with E-state index in [0.29, 0.717) is 5.56 Å². The molecule has 1 unspecified atom stereocenters. The number of azo groups is 2. The molecular formula is C44H40Cl2N10O20S6. The molecule has 0 saturated heterocycles. The number of rotatable bonds is 21. The highest BCUT2D eigenvalue weighted by molar-refractivity contribution is 7.92. The summed E-state index contributed by atoms with van der Waals surface area (Å²) in [5, 5.41) is 45.8. The van der Waals surface area contributed by atoms with Gasteiger partial charge in [-0.1, -0.05) is 6.07 Å². The second-order valence-electron chi connectivity index (χ2n) is 16.2. The number of aromatic hydroxyl groups is 2. The Morgan fingerprint density at radius 1 is 0.671 bits per heavy atom. The van der Waals surface area contributed by atoms with Crippen molar-refractivity contribution < 1.29 is 87.9 Å². The molecule has 1 atom stereocenters. The fourth-order valence-corrected chi connectivity index (χ4v) is 11.7. The van der Waals surface area contributed by atoms with Crippen LogP contribution in [-0.2, 0) is 74.8 Å². The van der Waals surface area contributed by atoms with E-state index in [1.807, 2.05) is 0 Å². The number of hydrogen-bond donors (Lipinski definition) is 9. The highest BCUT2D eigenvalue weighted by atomic mass is 35.5. The summed E-state index contributed by atoms with van der Waals surface area (Å²) in [4.78, 5) is 21.7. The van der Waals surface area contributed by atoms with Gasteiger partial charge >= 0.3 is 10.4 Å². The molecule has 7 aromatic rings. The largest absolute Gasteiger partial charge is 0.505 e. The maximum absolute atomic E-state index is 12.7. The van der Waals surface area contributed by atoms with E-state index in [2.05, 4.69) is 68.7 Å². The third kappa shape index (κ3) is 16.0. The maximum atomic E-state index is 12.7. The number of anilines is 5. The lowest BCUT2D eigenvalue weighted by Gasteiger charge is -2.16. The Kier molecular flexibility index (Phi) is 19.8. The molecule has 6 aromatic carbocycles. The van der Waals surface area contributed by atoms with Crippen molar-refractivity contribution in [3.05, 3.63) is 108 Å². The van der Waals surface area contributed by atoms with E-state index < -0.39 is 139 Å². The Morgan fingerprint density at radius 2 is 1.24 bits per heavy atom. The number of carbonyl (C=O) groups is 1. The van der Waals surface area contributed by atoms with Crippen LogP contribution in [0, 0.1) is 13.8 Å². The van der Waals surface area contributed by atoms with Crippen molar-refractivity contribution >= 4 is 164 Å². The summed E-state index contributed by atoms with van der Waals surface area (Å²) in [6.07, 6.45) is 0. The molecule has 0 aliphatic heterocycles. The highest BCUT2D eigenvalue weighted by Crippen LogP contribution is 2.47. The van der Waals surface area contributed by atoms with Crippen LogP contribution in [0.4, 0.5) is 51.7 Å². The summed E-state index contributed by atoms with van der Waals surface area (Å²) in [6, 6.07) is 13.9. The third-order valence-corrected chi connectivity index (χ3v) is 16.3. The van der Waals surface area contributed by atoms with Gasteiger partial charge in [0, 0.05) is 22.3 Å². The Morgan fingerprint density at radius 3 is 1.82 bits per heavy atom. The summed E-state index contributed by atoms with van der Waals surface area (Å²) < 4.78 is 182. The van der Waals surface area contributed by atoms with Crippen molar-refractivity contribution in [1.29, 1.82) is 0 Å². The van der Waals surface area contributed by atoms with E-state index in [-0.39, 0.29) is 68.0 Å². The average Bonchev–Trinajstić information content (AvgIpc) is 3.17. The SMILES string of the molecule is C=C.Cc1cc(Nc2nc(Cl)nc(Nc3cc(S(=O)(=O)O)cc4cc(C)c(N=Nc5ccc(NC(=O)CS(=O)OCCCl)cc5S(=O)(=O)O)c(O)c34)n2)c2c(O)c(N=Nc3ccc(S(=O)(=O)COS(=O)(=O)O)cc3)c(S(=O)(=O)O)cc2c1. The Labute approximate surface area is 477 Å². The van der Waals surface area contributed by atoms with Crippen molar-refractivity contribution in [2.45, 2.75) is 33.4 Å². The number of fused-ring (bicyclic) bond motifs is 2. The lowest BCUT2D eigenvalue weighted by Crippen LogP contribution is -2.21. The monoisotopic (exact) mass is 1290 g/mol. The first-order valence-electron chi connectivity index (χ1n) is 22.0. The zero-order valence-electron chi connectivity index (χ0n) is 41.5. The van der Waals surface area contributed by atoms with E-state index in [9.17, 15) is 75.0 Å². The number of alkyl halides is 1. The smallest absolute Gasteiger partial charge is 0.398 e. The minimum absolute atomic E-state index is 0.00253. The summed E-state index contributed by atoms with van der Waals surface area (Å²) >= 11 is 9.75. The van der Waals surface area contributed by atoms with Crippen LogP contribution in [0.25, 0.3) is 21.5 Å². The van der Waals surface area contributed by atoms with Gasteiger partial charge in [0.25, 0.3) is 30.4 Å². The normalized spacial score (nSPS) is 12.8. The molecule has 30 nitrogen and oxygen atoms in total. The van der Waals surface area contributed by atoms with Crippen molar-refractivity contribution in [2.75, 3.05) is 40.1 Å². The molecule has 1 amide bonds. The van der Waals surface area contributed by atoms with Gasteiger partial charge in [-0.3, -0.25) is 27.2 Å². The summed E-state index contributed by atoms with van der Waals surface area (Å²) in [5.41, 5.74) is -1.97. The molecule has 1 aromatic heterocycles. The number of aryl methyl sites for hydroxylation is 2. The van der Waals surface area contributed by atoms with E-state index in [4.69, 9.17) is 31.9 Å². The van der Waals surface area contributed by atoms with Gasteiger partial charge in [-0.25, -0.2) is 16.8 Å². The molecule has 38 heteroatoms. The number of sulfone groups is 1. The number of amides is 1. The van der Waals surface area contributed by atoms with Crippen LogP contribution in [0.1, 0.15) is 11.1 Å². The minimum Gasteiger partial charge on any atom is -0.505 e. The molecule has 0 fully saturated rings. The number of halogens is 2. The van der Waals surface area contributed by atoms with E-state index >= 15 is 0 Å². The fraction of sp³-hybridized carbons (Fsp3) is 0.136. The predicted molar refractivity (Wildman–Crippen MR) is 297 cm³/mol. The van der Waals surface area contributed by atoms with Gasteiger partial charge in [0.15, 0.2) is 28.5 Å². The molecule has 0 bridgehead atoms. The highest BCUT2D eigenvalue weighted by Gasteiger charge is 2.27. The molecule has 436 valence electrons. The van der Waals surface area contributed by atoms with Crippen LogP contribution < -0.4 is 16.0 Å². The van der Waals surface area contributed by atoms with Crippen LogP contribution in [0.15, 0.2) is 132 Å². The van der Waals surface area contributed by atoms with Gasteiger partial charge in [-0.05, 0) is 120 Å². The first kappa shape index (κ1) is 63.9. The number of aromatic nitrogens is 3. The lowest BCUT2D eigenvalue weighted by atomic mass is 10.0. The lowest BCUT2D eigenvalue weighted by molar-refractivity contribution is -0.113. The van der Waals surface area contributed by atoms with E-state index in [1.165, 1.54) is 25.1 Å². The standard InChI is InChI=1S/C42H36Cl2N10O20S6.C2H4/c1-20-11-22-15-32(79(67,68)69)37(54-51-24-3-6-26(7-4-24)76(59,60)19-74-80(70,71)72)39(57)34(22)29(12-20)46-41-48-40(44)49-42(50-41)47-30-17-27(77(61,62)63)14-23-13-21(2)36(38(56)35(23)30)53-52-28-8-5-25(16-31(28)78(64,65)66)45-33(55)18-75(58)73-10-9-43;1-2/h3-8,11-17,56-57H,9-10,18-19H2,1-2H3,(H,45,55)(H,61,62,63)(H,64,65,66)(H,67,68,69)(H,70,71,72)(H2,46,47,48,49,50);1-2H2. The van der Waals surface area contributed by atoms with E-state index in [0.717, 1.165) is 60.7 Å². The average molecular weight is 1290 g/mol. The van der Waals surface area contributed by atoms with Crippen molar-refractivity contribution in [2.24, 2.45) is 20.5 Å². The van der Waals surface area contributed by atoms with Crippen LogP contribution in [0.3, 0.4) is 0 Å². The molecule has 0 spiro atoms. The van der Waals surface area contributed by atoms with Gasteiger partial charge in [-0.15, -0.1) is 40.1 Å². The molecule has 7 rings (SSSR count). The molecular weight excluding hydrogens is 1250 g/mol. The van der Waals surface area contributed by atoms with Crippen LogP contribution in [0.5, 0.6) is 11.5 Å². The zero-order valence-corrected chi connectivity index (χ0v) is 47.9. The number of nitrogens with one attached hydrogen (secondary N) is 3. The number of carbonyl (C=O) groups excluding carboxylic acids is 1. The summed E-state index contributed by atoms with van der Waals surface area (Å²) in [6.45, 7) is 8.83. The molecule has 0 aliphatic rings. The van der Waals surface area contributed by atoms with Gasteiger partial charge in [-0.2, -0.15) is 53.7 Å². The number of phenolic OH excluding ortho intramolecular Hbond substituents is 2. The number of hydrogen-bond acceptors (Lipinski definition) is 25. The van der Waals surface area contributed by atoms with Gasteiger partial charge in [0.1, 0.15) is 32.6 Å². The molecule has 82 heavy (non-hydrogen) atoms. The Hall–Kier alpha value is -7.30. The van der Waals surface area contributed by atoms with Crippen LogP contribution >= 0.6 is 23.2 Å². The van der Waals surface area contributed by atoms with Crippen molar-refractivity contribution in [3.63, 3.8) is 0 Å². The fourth-order valence-electron chi connectivity index (χ4n) is 7.20. The Balaban J connectivity index is 0.00000535. The minimum atomic E-state index is -5.18. The Bertz CT molecular complexity index is 4390. The molecule has 9 N–H and O–H groups in total. The van der Waals surface area contributed by atoms with E-state index in [1.54, 1.807) is 6.92 Å². The van der Waals surface area contributed by atoms with Gasteiger partial charge < -0.3 is 26.2 Å². The quantitative estimate of drug-likeness (QED) is 0.0142. The van der Waals surface area contributed by atoms with Gasteiger partial charge in [0.2, 0.25) is 32.9 Å². The predicted octanol–water partition coefficient (Wildman–Crippen LogP) is 8.13. The molecule has 0 saturated carbocycles. The van der Waals surface area contributed by atoms with Crippen molar-refractivity contribution in [1.82, 2.24) is 15.0 Å². The second-order valence-corrected chi connectivity index (χ2v) is 25.3. The van der Waals surface area contributed by atoms with Crippen LogP contribution in [0.2, 0.25) is 5.28 Å². The third-order valence-electron chi connectivity index (χ3n) is 10.5. The summed E-state index contributed by atoms with van der Waals surface area (Å²) in [7, 11) is -24.8. The topological polar surface area (TPSA) is 469 Å². The van der Waals surface area contributed by atoms with Gasteiger partial charge in [0.05, 0.1) is 33.5 Å². The first-order chi connectivity index (χ1) is 38.2. The maximum Gasteiger partial charge on any atom is 0.398 e. The van der Waals surface area contributed by atoms with Crippen molar-refractivity contribution in [3.8, 4) is 11.5 Å². The molecule has 0 radical (unpaired) electrons. The molecule has 0 aliphatic carbocycles. The second kappa shape index (κ2) is 25.5. The number of benzene rings is 6. The zero-order chi connectivity index (χ0) is 60.9.